The van der Waals surface area contributed by atoms with Crippen LogP contribution in [0, 0.1) is 0 Å². The molecule has 0 aliphatic heterocycles. The Morgan fingerprint density at radius 3 is 2.69 bits per heavy atom. The van der Waals surface area contributed by atoms with Gasteiger partial charge in [0, 0.05) is 43.3 Å². The highest BCUT2D eigenvalue weighted by Crippen LogP contribution is 2.18. The second-order valence-corrected chi connectivity index (χ2v) is 7.59. The van der Waals surface area contributed by atoms with Crippen LogP contribution < -0.4 is 10.6 Å². The number of para-hydroxylation sites is 1. The van der Waals surface area contributed by atoms with Crippen molar-refractivity contribution in [2.45, 2.75) is 39.2 Å². The van der Waals surface area contributed by atoms with Crippen molar-refractivity contribution in [2.24, 2.45) is 4.99 Å². The van der Waals surface area contributed by atoms with Crippen molar-refractivity contribution in [2.75, 3.05) is 27.2 Å². The molecule has 1 aromatic carbocycles. The van der Waals surface area contributed by atoms with Crippen molar-refractivity contribution in [1.82, 2.24) is 20.5 Å². The van der Waals surface area contributed by atoms with Crippen molar-refractivity contribution in [1.29, 1.82) is 0 Å². The average Bonchev–Trinajstić information content (AvgIpc) is 2.96. The van der Waals surface area contributed by atoms with Crippen molar-refractivity contribution >= 4 is 22.8 Å². The summed E-state index contributed by atoms with van der Waals surface area (Å²) >= 11 is 0. The molecule has 1 heterocycles. The van der Waals surface area contributed by atoms with E-state index in [0.29, 0.717) is 0 Å². The molecule has 0 aliphatic carbocycles. The Morgan fingerprint density at radius 1 is 1.27 bits per heavy atom. The first kappa shape index (κ1) is 19.8. The lowest BCUT2D eigenvalue weighted by atomic mass is 10.1. The molecule has 2 rings (SSSR count). The van der Waals surface area contributed by atoms with E-state index in [4.69, 9.17) is 0 Å². The zero-order chi connectivity index (χ0) is 19.2. The van der Waals surface area contributed by atoms with Crippen LogP contribution in [0.15, 0.2) is 35.5 Å². The Kier molecular flexibility index (Phi) is 6.66. The van der Waals surface area contributed by atoms with E-state index >= 15 is 0 Å². The highest BCUT2D eigenvalue weighted by molar-refractivity contribution is 5.86. The molecule has 6 heteroatoms. The summed E-state index contributed by atoms with van der Waals surface area (Å²) in [4.78, 5) is 21.5. The van der Waals surface area contributed by atoms with E-state index in [0.717, 1.165) is 25.3 Å². The number of nitrogens with one attached hydrogen (secondary N) is 3. The number of likely N-dealkylation sites (N-methyl/N-ethyl adjacent to an activating group) is 1. The summed E-state index contributed by atoms with van der Waals surface area (Å²) < 4.78 is 0. The SMILES string of the molecule is CN=C(NCCCc1c[nH]c2ccccc12)N(C)CC(=O)NC(C)(C)C. The van der Waals surface area contributed by atoms with Crippen LogP contribution in [0.1, 0.15) is 32.8 Å². The third-order valence-corrected chi connectivity index (χ3v) is 4.05. The number of nitrogens with zero attached hydrogens (tertiary/aromatic N) is 2. The van der Waals surface area contributed by atoms with E-state index in [-0.39, 0.29) is 18.0 Å². The number of rotatable bonds is 6. The highest BCUT2D eigenvalue weighted by Gasteiger charge is 2.16. The zero-order valence-corrected chi connectivity index (χ0v) is 16.5. The number of benzene rings is 1. The predicted octanol–water partition coefficient (Wildman–Crippen LogP) is 2.52. The van der Waals surface area contributed by atoms with Crippen LogP contribution in [-0.4, -0.2) is 54.5 Å². The Hall–Kier alpha value is -2.50. The van der Waals surface area contributed by atoms with Gasteiger partial charge in [-0.3, -0.25) is 9.79 Å². The minimum Gasteiger partial charge on any atom is -0.361 e. The van der Waals surface area contributed by atoms with Gasteiger partial charge in [-0.1, -0.05) is 18.2 Å². The number of aryl methyl sites for hydroxylation is 1. The van der Waals surface area contributed by atoms with Crippen molar-refractivity contribution in [3.63, 3.8) is 0 Å². The summed E-state index contributed by atoms with van der Waals surface area (Å²) in [5.74, 6) is 0.717. The van der Waals surface area contributed by atoms with Gasteiger partial charge in [0.25, 0.3) is 0 Å². The molecule has 0 unspecified atom stereocenters. The summed E-state index contributed by atoms with van der Waals surface area (Å²) in [5.41, 5.74) is 2.28. The van der Waals surface area contributed by atoms with Crippen LogP contribution in [0.25, 0.3) is 10.9 Å². The van der Waals surface area contributed by atoms with Crippen LogP contribution in [0.4, 0.5) is 0 Å². The molecule has 0 fully saturated rings. The molecule has 2 aromatic rings. The summed E-state index contributed by atoms with van der Waals surface area (Å²) in [6.45, 7) is 7.00. The van der Waals surface area contributed by atoms with Gasteiger partial charge in [0.15, 0.2) is 5.96 Å². The first-order valence-electron chi connectivity index (χ1n) is 9.08. The molecule has 0 saturated carbocycles. The van der Waals surface area contributed by atoms with Gasteiger partial charge in [-0.15, -0.1) is 0 Å². The number of aromatic amines is 1. The largest absolute Gasteiger partial charge is 0.361 e. The number of hydrogen-bond acceptors (Lipinski definition) is 2. The standard InChI is InChI=1S/C20H31N5O/c1-20(2,3)24-18(26)14-25(5)19(21-4)22-12-8-9-15-13-23-17-11-7-6-10-16(15)17/h6-7,10-11,13,23H,8-9,12,14H2,1-5H3,(H,21,22)(H,24,26). The van der Waals surface area contributed by atoms with Crippen molar-refractivity contribution in [3.05, 3.63) is 36.0 Å². The first-order valence-corrected chi connectivity index (χ1v) is 9.08. The monoisotopic (exact) mass is 357 g/mol. The Balaban J connectivity index is 1.79. The molecule has 1 amide bonds. The number of H-pyrrole nitrogens is 1. The van der Waals surface area contributed by atoms with Gasteiger partial charge < -0.3 is 20.5 Å². The molecule has 142 valence electrons. The normalized spacial score (nSPS) is 12.3. The number of aromatic nitrogens is 1. The Morgan fingerprint density at radius 2 is 2.00 bits per heavy atom. The van der Waals surface area contributed by atoms with E-state index in [9.17, 15) is 4.79 Å². The third kappa shape index (κ3) is 5.79. The summed E-state index contributed by atoms with van der Waals surface area (Å²) in [6.07, 6.45) is 4.06. The Bertz CT molecular complexity index is 757. The van der Waals surface area contributed by atoms with E-state index in [2.05, 4.69) is 45.0 Å². The summed E-state index contributed by atoms with van der Waals surface area (Å²) in [5, 5.41) is 7.58. The maximum atomic E-state index is 12.1. The lowest BCUT2D eigenvalue weighted by Gasteiger charge is -2.25. The van der Waals surface area contributed by atoms with Gasteiger partial charge in [0.1, 0.15) is 0 Å². The first-order chi connectivity index (χ1) is 12.3. The minimum atomic E-state index is -0.228. The maximum absolute atomic E-state index is 12.1. The number of fused-ring (bicyclic) bond motifs is 1. The minimum absolute atomic E-state index is 0.0123. The number of guanidine groups is 1. The van der Waals surface area contributed by atoms with Crippen molar-refractivity contribution in [3.8, 4) is 0 Å². The molecule has 0 bridgehead atoms. The van der Waals surface area contributed by atoms with Crippen LogP contribution in [0.2, 0.25) is 0 Å². The molecule has 0 atom stereocenters. The second-order valence-electron chi connectivity index (χ2n) is 7.59. The van der Waals surface area contributed by atoms with Crippen LogP contribution >= 0.6 is 0 Å². The molecule has 0 aliphatic rings. The number of carbonyl (C=O) groups excluding carboxylic acids is 1. The van der Waals surface area contributed by atoms with Gasteiger partial charge in [-0.05, 0) is 45.2 Å². The topological polar surface area (TPSA) is 72.5 Å². The maximum Gasteiger partial charge on any atom is 0.240 e. The molecular weight excluding hydrogens is 326 g/mol. The lowest BCUT2D eigenvalue weighted by Crippen LogP contribution is -2.48. The molecule has 0 spiro atoms. The Labute approximate surface area is 156 Å². The molecular formula is C20H31N5O. The van der Waals surface area contributed by atoms with Crippen molar-refractivity contribution < 1.29 is 4.79 Å². The van der Waals surface area contributed by atoms with Gasteiger partial charge >= 0.3 is 0 Å². The van der Waals surface area contributed by atoms with Gasteiger partial charge in [-0.25, -0.2) is 0 Å². The predicted molar refractivity (Wildman–Crippen MR) is 109 cm³/mol. The lowest BCUT2D eigenvalue weighted by molar-refractivity contribution is -0.122. The zero-order valence-electron chi connectivity index (χ0n) is 16.5. The fourth-order valence-electron chi connectivity index (χ4n) is 2.95. The highest BCUT2D eigenvalue weighted by atomic mass is 16.2. The molecule has 6 nitrogen and oxygen atoms in total. The third-order valence-electron chi connectivity index (χ3n) is 4.05. The fourth-order valence-corrected chi connectivity index (χ4v) is 2.95. The smallest absolute Gasteiger partial charge is 0.240 e. The van der Waals surface area contributed by atoms with Crippen LogP contribution in [0.3, 0.4) is 0 Å². The van der Waals surface area contributed by atoms with Crippen LogP contribution in [0.5, 0.6) is 0 Å². The molecule has 26 heavy (non-hydrogen) atoms. The van der Waals surface area contributed by atoms with E-state index < -0.39 is 0 Å². The quantitative estimate of drug-likeness (QED) is 0.423. The van der Waals surface area contributed by atoms with Gasteiger partial charge in [0.2, 0.25) is 5.91 Å². The molecule has 0 radical (unpaired) electrons. The average molecular weight is 358 g/mol. The van der Waals surface area contributed by atoms with E-state index in [1.54, 1.807) is 7.05 Å². The summed E-state index contributed by atoms with van der Waals surface area (Å²) in [7, 11) is 3.61. The molecule has 1 aromatic heterocycles. The van der Waals surface area contributed by atoms with Gasteiger partial charge in [0.05, 0.1) is 6.54 Å². The number of hydrogen-bond donors (Lipinski definition) is 3. The molecule has 0 saturated heterocycles. The number of aliphatic imine (C=N–C) groups is 1. The van der Waals surface area contributed by atoms with Gasteiger partial charge in [-0.2, -0.15) is 0 Å². The van der Waals surface area contributed by atoms with Crippen LogP contribution in [-0.2, 0) is 11.2 Å². The van der Waals surface area contributed by atoms with E-state index in [1.165, 1.54) is 16.5 Å². The number of carbonyl (C=O) groups is 1. The fraction of sp³-hybridized carbons (Fsp3) is 0.500. The summed E-state index contributed by atoms with van der Waals surface area (Å²) in [6, 6.07) is 8.35. The number of amides is 1. The van der Waals surface area contributed by atoms with E-state index in [1.807, 2.05) is 38.8 Å². The second kappa shape index (κ2) is 8.74. The molecule has 3 N–H and O–H groups in total.